The van der Waals surface area contributed by atoms with Crippen molar-refractivity contribution >= 4 is 5.78 Å². The van der Waals surface area contributed by atoms with Gasteiger partial charge in [-0.3, -0.25) is 4.79 Å². The number of hydrogen-bond donors (Lipinski definition) is 1. The van der Waals surface area contributed by atoms with E-state index >= 15 is 0 Å². The first kappa shape index (κ1) is 10.8. The van der Waals surface area contributed by atoms with Gasteiger partial charge in [-0.05, 0) is 36.0 Å². The zero-order valence-corrected chi connectivity index (χ0v) is 10.5. The van der Waals surface area contributed by atoms with Crippen LogP contribution in [0, 0.1) is 22.2 Å². The first-order valence-electron chi connectivity index (χ1n) is 6.57. The van der Waals surface area contributed by atoms with E-state index in [0.29, 0.717) is 12.2 Å². The van der Waals surface area contributed by atoms with Crippen LogP contribution < -0.4 is 0 Å². The molecule has 3 saturated carbocycles. The van der Waals surface area contributed by atoms with Crippen molar-refractivity contribution in [2.75, 3.05) is 0 Å². The van der Waals surface area contributed by atoms with Crippen molar-refractivity contribution in [3.05, 3.63) is 0 Å². The highest BCUT2D eigenvalue weighted by Gasteiger charge is 2.74. The maximum Gasteiger partial charge on any atom is 0.140 e. The molecule has 0 aromatic heterocycles. The van der Waals surface area contributed by atoms with E-state index in [-0.39, 0.29) is 28.3 Å². The number of hydrogen-bond acceptors (Lipinski definition) is 2. The molecular weight excluding hydrogens is 200 g/mol. The molecule has 0 spiro atoms. The lowest BCUT2D eigenvalue weighted by atomic mass is 9.48. The first-order valence-corrected chi connectivity index (χ1v) is 6.57. The summed E-state index contributed by atoms with van der Waals surface area (Å²) < 4.78 is 0. The van der Waals surface area contributed by atoms with Gasteiger partial charge >= 0.3 is 0 Å². The SMILES string of the molecule is CC1(C)CCC[C@]2(C)[C@H]3CC(=O)[C@]12C[C@H]3O. The Bertz CT molecular complexity index is 360. The van der Waals surface area contributed by atoms with Crippen LogP contribution >= 0.6 is 0 Å². The summed E-state index contributed by atoms with van der Waals surface area (Å²) in [5.41, 5.74) is -0.0725. The fraction of sp³-hybridized carbons (Fsp3) is 0.929. The summed E-state index contributed by atoms with van der Waals surface area (Å²) in [4.78, 5) is 12.4. The number of carbonyl (C=O) groups is 1. The van der Waals surface area contributed by atoms with Gasteiger partial charge in [0.2, 0.25) is 0 Å². The normalized spacial score (nSPS) is 54.1. The summed E-state index contributed by atoms with van der Waals surface area (Å²) in [5.74, 6) is 0.676. The largest absolute Gasteiger partial charge is 0.393 e. The highest BCUT2D eigenvalue weighted by molar-refractivity contribution is 5.91. The van der Waals surface area contributed by atoms with E-state index in [1.807, 2.05) is 0 Å². The van der Waals surface area contributed by atoms with E-state index in [4.69, 9.17) is 0 Å². The molecule has 0 aromatic carbocycles. The van der Waals surface area contributed by atoms with Crippen LogP contribution in [0.15, 0.2) is 0 Å². The van der Waals surface area contributed by atoms with Crippen LogP contribution in [0.25, 0.3) is 0 Å². The van der Waals surface area contributed by atoms with Crippen molar-refractivity contribution in [3.8, 4) is 0 Å². The highest BCUT2D eigenvalue weighted by Crippen LogP contribution is 2.74. The van der Waals surface area contributed by atoms with Crippen LogP contribution in [0.5, 0.6) is 0 Å². The molecular formula is C14H22O2. The minimum Gasteiger partial charge on any atom is -0.393 e. The van der Waals surface area contributed by atoms with Crippen LogP contribution in [0.4, 0.5) is 0 Å². The predicted molar refractivity (Wildman–Crippen MR) is 61.9 cm³/mol. The number of aliphatic hydroxyl groups excluding tert-OH is 1. The van der Waals surface area contributed by atoms with Crippen molar-refractivity contribution in [2.45, 2.75) is 59.0 Å². The first-order chi connectivity index (χ1) is 7.35. The maximum absolute atomic E-state index is 12.4. The molecule has 2 heteroatoms. The quantitative estimate of drug-likeness (QED) is 0.684. The molecule has 16 heavy (non-hydrogen) atoms. The van der Waals surface area contributed by atoms with Gasteiger partial charge in [0.25, 0.3) is 0 Å². The Morgan fingerprint density at radius 1 is 1.25 bits per heavy atom. The summed E-state index contributed by atoms with van der Waals surface area (Å²) in [6, 6.07) is 0. The van der Waals surface area contributed by atoms with Gasteiger partial charge in [-0.25, -0.2) is 0 Å². The second kappa shape index (κ2) is 2.72. The molecule has 4 atom stereocenters. The molecule has 0 unspecified atom stereocenters. The number of ketones is 1. The Labute approximate surface area is 97.4 Å². The molecule has 1 N–H and O–H groups in total. The van der Waals surface area contributed by atoms with Crippen molar-refractivity contribution < 1.29 is 9.90 Å². The molecule has 2 bridgehead atoms. The molecule has 0 aromatic rings. The van der Waals surface area contributed by atoms with Gasteiger partial charge in [-0.1, -0.05) is 27.2 Å². The van der Waals surface area contributed by atoms with Crippen molar-refractivity contribution in [3.63, 3.8) is 0 Å². The number of Topliss-reactive ketones (excluding diaryl/α,β-unsaturated/α-hetero) is 1. The summed E-state index contributed by atoms with van der Waals surface area (Å²) in [7, 11) is 0. The van der Waals surface area contributed by atoms with E-state index in [1.165, 1.54) is 6.42 Å². The third-order valence-electron chi connectivity index (χ3n) is 6.31. The zero-order valence-electron chi connectivity index (χ0n) is 10.5. The summed E-state index contributed by atoms with van der Waals surface area (Å²) in [5, 5.41) is 10.2. The third-order valence-corrected chi connectivity index (χ3v) is 6.31. The van der Waals surface area contributed by atoms with Gasteiger partial charge in [0.15, 0.2) is 0 Å². The lowest BCUT2D eigenvalue weighted by Gasteiger charge is -2.54. The lowest BCUT2D eigenvalue weighted by Crippen LogP contribution is -2.52. The van der Waals surface area contributed by atoms with Gasteiger partial charge in [0.1, 0.15) is 5.78 Å². The molecule has 0 radical (unpaired) electrons. The third kappa shape index (κ3) is 0.848. The van der Waals surface area contributed by atoms with Crippen LogP contribution in [0.1, 0.15) is 52.9 Å². The fourth-order valence-corrected chi connectivity index (χ4v) is 5.53. The second-order valence-electron chi connectivity index (χ2n) is 7.07. The number of aliphatic hydroxyl groups is 1. The van der Waals surface area contributed by atoms with Gasteiger partial charge in [0.05, 0.1) is 6.10 Å². The Hall–Kier alpha value is -0.370. The van der Waals surface area contributed by atoms with Crippen molar-refractivity contribution in [2.24, 2.45) is 22.2 Å². The Morgan fingerprint density at radius 2 is 1.94 bits per heavy atom. The molecule has 2 nitrogen and oxygen atoms in total. The van der Waals surface area contributed by atoms with Crippen molar-refractivity contribution in [1.29, 1.82) is 0 Å². The van der Waals surface area contributed by atoms with E-state index in [9.17, 15) is 9.90 Å². The van der Waals surface area contributed by atoms with Gasteiger partial charge in [-0.2, -0.15) is 0 Å². The Balaban J connectivity index is 2.20. The van der Waals surface area contributed by atoms with Crippen LogP contribution in [-0.2, 0) is 4.79 Å². The summed E-state index contributed by atoms with van der Waals surface area (Å²) in [6.07, 6.45) is 4.58. The number of carbonyl (C=O) groups excluding carboxylic acids is 1. The van der Waals surface area contributed by atoms with Gasteiger partial charge < -0.3 is 5.11 Å². The van der Waals surface area contributed by atoms with Gasteiger partial charge in [0, 0.05) is 11.8 Å². The Kier molecular flexibility index (Phi) is 1.83. The average Bonchev–Trinajstić information content (AvgIpc) is 2.51. The highest BCUT2D eigenvalue weighted by atomic mass is 16.3. The number of rotatable bonds is 0. The van der Waals surface area contributed by atoms with Crippen LogP contribution in [0.2, 0.25) is 0 Å². The minimum absolute atomic E-state index is 0.0727. The molecule has 3 fully saturated rings. The second-order valence-corrected chi connectivity index (χ2v) is 7.07. The summed E-state index contributed by atoms with van der Waals surface area (Å²) in [6.45, 7) is 6.74. The molecule has 0 amide bonds. The molecule has 0 saturated heterocycles. The van der Waals surface area contributed by atoms with E-state index < -0.39 is 0 Å². The standard InChI is InChI=1S/C14H22O2/c1-12(2)5-4-6-13(3)9-7-11(16)14(12,13)8-10(9)15/h9-10,15H,4-8H2,1-3H3/t9-,10+,13+,14+/m0/s1. The van der Waals surface area contributed by atoms with E-state index in [1.54, 1.807) is 0 Å². The van der Waals surface area contributed by atoms with Crippen molar-refractivity contribution in [1.82, 2.24) is 0 Å². The molecule has 3 rings (SSSR count). The van der Waals surface area contributed by atoms with Gasteiger partial charge in [-0.15, -0.1) is 0 Å². The van der Waals surface area contributed by atoms with E-state index in [0.717, 1.165) is 19.3 Å². The smallest absolute Gasteiger partial charge is 0.140 e. The monoisotopic (exact) mass is 222 g/mol. The zero-order chi connectivity index (χ0) is 11.8. The average molecular weight is 222 g/mol. The fourth-order valence-electron chi connectivity index (χ4n) is 5.53. The Morgan fingerprint density at radius 3 is 2.56 bits per heavy atom. The molecule has 0 heterocycles. The minimum atomic E-state index is -0.236. The maximum atomic E-state index is 12.4. The molecule has 3 aliphatic carbocycles. The van der Waals surface area contributed by atoms with Crippen LogP contribution in [0.3, 0.4) is 0 Å². The summed E-state index contributed by atoms with van der Waals surface area (Å²) >= 11 is 0. The predicted octanol–water partition coefficient (Wildman–Crippen LogP) is 2.54. The van der Waals surface area contributed by atoms with E-state index in [2.05, 4.69) is 20.8 Å². The topological polar surface area (TPSA) is 37.3 Å². The molecule has 0 aliphatic heterocycles. The van der Waals surface area contributed by atoms with Crippen LogP contribution in [-0.4, -0.2) is 17.0 Å². The molecule has 3 aliphatic rings. The lowest BCUT2D eigenvalue weighted by molar-refractivity contribution is -0.146. The molecule has 90 valence electrons.